The summed E-state index contributed by atoms with van der Waals surface area (Å²) in [7, 11) is -3.45. The van der Waals surface area contributed by atoms with Crippen LogP contribution < -0.4 is 4.72 Å². The number of fused-ring (bicyclic) bond motifs is 1. The van der Waals surface area contributed by atoms with Crippen LogP contribution in [0.5, 0.6) is 0 Å². The summed E-state index contributed by atoms with van der Waals surface area (Å²) in [5, 5.41) is 0. The predicted octanol–water partition coefficient (Wildman–Crippen LogP) is 2.44. The van der Waals surface area contributed by atoms with E-state index in [1.807, 2.05) is 49.4 Å². The molecule has 1 unspecified atom stereocenters. The van der Waals surface area contributed by atoms with Crippen molar-refractivity contribution in [2.75, 3.05) is 0 Å². The van der Waals surface area contributed by atoms with E-state index < -0.39 is 15.6 Å². The van der Waals surface area contributed by atoms with E-state index in [2.05, 4.69) is 4.72 Å². The molecular weight excluding hydrogens is 258 g/mol. The van der Waals surface area contributed by atoms with E-state index in [4.69, 9.17) is 0 Å². The Morgan fingerprint density at radius 2 is 1.63 bits per heavy atom. The minimum absolute atomic E-state index is 0.392. The summed E-state index contributed by atoms with van der Waals surface area (Å²) in [6, 6.07) is 16.9. The van der Waals surface area contributed by atoms with Crippen LogP contribution in [0.15, 0.2) is 59.5 Å². The molecule has 98 valence electrons. The molecule has 1 aliphatic heterocycles. The van der Waals surface area contributed by atoms with Gasteiger partial charge in [0.25, 0.3) is 0 Å². The molecule has 1 aliphatic rings. The smallest absolute Gasteiger partial charge is 0.207 e. The number of rotatable bonds is 1. The highest BCUT2D eigenvalue weighted by molar-refractivity contribution is 7.89. The van der Waals surface area contributed by atoms with Gasteiger partial charge in [-0.25, -0.2) is 13.1 Å². The number of nitrogens with one attached hydrogen (secondary N) is 1. The predicted molar refractivity (Wildman–Crippen MR) is 74.3 cm³/mol. The van der Waals surface area contributed by atoms with Crippen LogP contribution in [-0.2, 0) is 22.0 Å². The van der Waals surface area contributed by atoms with Crippen molar-refractivity contribution in [2.45, 2.75) is 23.8 Å². The molecule has 0 saturated carbocycles. The lowest BCUT2D eigenvalue weighted by Crippen LogP contribution is -2.48. The zero-order valence-corrected chi connectivity index (χ0v) is 11.4. The van der Waals surface area contributed by atoms with Crippen molar-refractivity contribution in [3.05, 3.63) is 65.7 Å². The van der Waals surface area contributed by atoms with Crippen molar-refractivity contribution >= 4 is 10.0 Å². The van der Waals surface area contributed by atoms with Gasteiger partial charge in [-0.3, -0.25) is 0 Å². The van der Waals surface area contributed by atoms with Gasteiger partial charge in [-0.05, 0) is 30.5 Å². The number of hydrogen-bond acceptors (Lipinski definition) is 2. The van der Waals surface area contributed by atoms with Gasteiger partial charge >= 0.3 is 0 Å². The molecule has 2 aromatic rings. The summed E-state index contributed by atoms with van der Waals surface area (Å²) in [4.78, 5) is 0.392. The summed E-state index contributed by atoms with van der Waals surface area (Å²) in [5.41, 5.74) is 1.26. The summed E-state index contributed by atoms with van der Waals surface area (Å²) in [6.07, 6.45) is 0.659. The molecule has 3 nitrogen and oxygen atoms in total. The Morgan fingerprint density at radius 3 is 2.37 bits per heavy atom. The topological polar surface area (TPSA) is 46.2 Å². The maximum absolute atomic E-state index is 12.4. The van der Waals surface area contributed by atoms with E-state index in [0.717, 1.165) is 11.1 Å². The molecule has 0 amide bonds. The number of sulfonamides is 1. The van der Waals surface area contributed by atoms with Crippen molar-refractivity contribution in [1.29, 1.82) is 0 Å². The number of benzene rings is 2. The Hall–Kier alpha value is -1.65. The van der Waals surface area contributed by atoms with Crippen molar-refractivity contribution in [1.82, 2.24) is 4.72 Å². The van der Waals surface area contributed by atoms with Gasteiger partial charge in [-0.2, -0.15) is 0 Å². The van der Waals surface area contributed by atoms with Gasteiger partial charge < -0.3 is 0 Å². The van der Waals surface area contributed by atoms with Crippen molar-refractivity contribution in [2.24, 2.45) is 0 Å². The molecule has 2 aromatic carbocycles. The lowest BCUT2D eigenvalue weighted by atomic mass is 9.86. The first-order valence-electron chi connectivity index (χ1n) is 6.19. The quantitative estimate of drug-likeness (QED) is 0.867. The number of hydrogen-bond donors (Lipinski definition) is 1. The zero-order chi connectivity index (χ0) is 13.5. The molecule has 1 heterocycles. The van der Waals surface area contributed by atoms with Gasteiger partial charge in [-0.15, -0.1) is 0 Å². The lowest BCUT2D eigenvalue weighted by molar-refractivity contribution is 0.411. The molecule has 0 aromatic heterocycles. The first kappa shape index (κ1) is 12.4. The second-order valence-corrected chi connectivity index (χ2v) is 6.74. The summed E-state index contributed by atoms with van der Waals surface area (Å²) in [5.74, 6) is 0. The third-order valence-corrected chi connectivity index (χ3v) is 5.27. The van der Waals surface area contributed by atoms with Gasteiger partial charge in [0, 0.05) is 0 Å². The Bertz CT molecular complexity index is 710. The van der Waals surface area contributed by atoms with Crippen LogP contribution in [0.1, 0.15) is 18.1 Å². The first-order chi connectivity index (χ1) is 9.01. The molecule has 1 atom stereocenters. The van der Waals surface area contributed by atoms with Gasteiger partial charge in [0.15, 0.2) is 0 Å². The third kappa shape index (κ3) is 2.07. The van der Waals surface area contributed by atoms with Crippen LogP contribution in [0, 0.1) is 0 Å². The normalized spacial score (nSPS) is 24.7. The summed E-state index contributed by atoms with van der Waals surface area (Å²) >= 11 is 0. The van der Waals surface area contributed by atoms with Crippen molar-refractivity contribution in [3.63, 3.8) is 0 Å². The molecule has 0 fully saturated rings. The van der Waals surface area contributed by atoms with Crippen LogP contribution >= 0.6 is 0 Å². The standard InChI is InChI=1S/C15H15NO2S/c1-15(13-8-3-2-4-9-13)11-12-7-5-6-10-14(12)19(17,18)16-15/h2-10,16H,11H2,1H3. The fourth-order valence-electron chi connectivity index (χ4n) is 2.65. The largest absolute Gasteiger partial charge is 0.241 e. The Kier molecular flexibility index (Phi) is 2.73. The molecule has 0 spiro atoms. The highest BCUT2D eigenvalue weighted by atomic mass is 32.2. The first-order valence-corrected chi connectivity index (χ1v) is 7.67. The lowest BCUT2D eigenvalue weighted by Gasteiger charge is -2.36. The van der Waals surface area contributed by atoms with E-state index in [1.54, 1.807) is 12.1 Å². The maximum atomic E-state index is 12.4. The third-order valence-electron chi connectivity index (χ3n) is 3.58. The van der Waals surface area contributed by atoms with E-state index in [0.29, 0.717) is 11.3 Å². The zero-order valence-electron chi connectivity index (χ0n) is 10.6. The molecule has 1 N–H and O–H groups in total. The van der Waals surface area contributed by atoms with Crippen LogP contribution in [-0.4, -0.2) is 8.42 Å². The average Bonchev–Trinajstić information content (AvgIpc) is 2.39. The van der Waals surface area contributed by atoms with E-state index in [-0.39, 0.29) is 0 Å². The maximum Gasteiger partial charge on any atom is 0.241 e. The second kappa shape index (κ2) is 4.18. The van der Waals surface area contributed by atoms with Crippen molar-refractivity contribution < 1.29 is 8.42 Å². The van der Waals surface area contributed by atoms with Crippen molar-refractivity contribution in [3.8, 4) is 0 Å². The minimum Gasteiger partial charge on any atom is -0.207 e. The van der Waals surface area contributed by atoms with E-state index in [1.165, 1.54) is 0 Å². The van der Waals surface area contributed by atoms with Crippen LogP contribution in [0.4, 0.5) is 0 Å². The second-order valence-electron chi connectivity index (χ2n) is 5.09. The van der Waals surface area contributed by atoms with E-state index in [9.17, 15) is 8.42 Å². The van der Waals surface area contributed by atoms with Gasteiger partial charge in [-0.1, -0.05) is 48.5 Å². The molecule has 3 rings (SSSR count). The SMILES string of the molecule is CC1(c2ccccc2)Cc2ccccc2S(=O)(=O)N1. The fraction of sp³-hybridized carbons (Fsp3) is 0.200. The van der Waals surface area contributed by atoms with E-state index >= 15 is 0 Å². The van der Waals surface area contributed by atoms with Gasteiger partial charge in [0.2, 0.25) is 10.0 Å². The van der Waals surface area contributed by atoms with Crippen LogP contribution in [0.3, 0.4) is 0 Å². The Balaban J connectivity index is 2.15. The molecular formula is C15H15NO2S. The molecule has 0 radical (unpaired) electrons. The molecule has 4 heteroatoms. The molecule has 0 bridgehead atoms. The minimum atomic E-state index is -3.45. The molecule has 0 aliphatic carbocycles. The molecule has 0 saturated heterocycles. The Morgan fingerprint density at radius 1 is 1.00 bits per heavy atom. The Labute approximate surface area is 113 Å². The molecule has 19 heavy (non-hydrogen) atoms. The summed E-state index contributed by atoms with van der Waals surface area (Å²) in [6.45, 7) is 1.93. The van der Waals surface area contributed by atoms with Crippen LogP contribution in [0.25, 0.3) is 0 Å². The highest BCUT2D eigenvalue weighted by Crippen LogP contribution is 2.34. The van der Waals surface area contributed by atoms with Gasteiger partial charge in [0.05, 0.1) is 10.4 Å². The monoisotopic (exact) mass is 273 g/mol. The highest BCUT2D eigenvalue weighted by Gasteiger charge is 2.38. The summed E-state index contributed by atoms with van der Waals surface area (Å²) < 4.78 is 27.5. The average molecular weight is 273 g/mol. The fourth-order valence-corrected chi connectivity index (χ4v) is 4.28. The van der Waals surface area contributed by atoms with Crippen LogP contribution in [0.2, 0.25) is 0 Å². The van der Waals surface area contributed by atoms with Gasteiger partial charge in [0.1, 0.15) is 0 Å².